The molecule has 0 fully saturated rings. The van der Waals surface area contributed by atoms with Gasteiger partial charge >= 0.3 is 0 Å². The average molecular weight is 394 g/mol. The molecule has 0 bridgehead atoms. The van der Waals surface area contributed by atoms with E-state index in [1.807, 2.05) is 4.57 Å². The van der Waals surface area contributed by atoms with Crippen molar-refractivity contribution in [1.82, 2.24) is 25.4 Å². The van der Waals surface area contributed by atoms with Crippen LogP contribution in [-0.4, -0.2) is 34.3 Å². The minimum atomic E-state index is 0. The number of rotatable bonds is 7. The van der Waals surface area contributed by atoms with E-state index in [4.69, 9.17) is 0 Å². The molecule has 0 amide bonds. The molecule has 0 saturated carbocycles. The number of aliphatic imine (C=N–C) groups is 1. The van der Waals surface area contributed by atoms with Crippen molar-refractivity contribution in [3.05, 3.63) is 12.2 Å². The van der Waals surface area contributed by atoms with E-state index in [0.29, 0.717) is 12.5 Å². The van der Waals surface area contributed by atoms with Crippen molar-refractivity contribution in [2.75, 3.05) is 13.6 Å². The first-order valence-corrected chi connectivity index (χ1v) is 7.06. The molecular formula is C13H27IN6. The molecule has 1 aromatic heterocycles. The average Bonchev–Trinajstić information content (AvgIpc) is 2.90. The van der Waals surface area contributed by atoms with Gasteiger partial charge in [0, 0.05) is 20.1 Å². The molecule has 116 valence electrons. The van der Waals surface area contributed by atoms with Gasteiger partial charge < -0.3 is 15.2 Å². The molecule has 0 aliphatic rings. The Morgan fingerprint density at radius 2 is 2.00 bits per heavy atom. The van der Waals surface area contributed by atoms with Crippen LogP contribution in [0, 0.1) is 5.92 Å². The summed E-state index contributed by atoms with van der Waals surface area (Å²) in [5.74, 6) is 2.43. The second kappa shape index (κ2) is 10.9. The van der Waals surface area contributed by atoms with Crippen LogP contribution < -0.4 is 10.6 Å². The molecule has 1 aromatic rings. The molecule has 2 N–H and O–H groups in total. The Kier molecular flexibility index (Phi) is 10.4. The van der Waals surface area contributed by atoms with Crippen molar-refractivity contribution in [2.45, 2.75) is 46.7 Å². The Bertz CT molecular complexity index is 386. The van der Waals surface area contributed by atoms with E-state index in [2.05, 4.69) is 46.6 Å². The first kappa shape index (κ1) is 19.1. The highest BCUT2D eigenvalue weighted by Gasteiger charge is 2.06. The quantitative estimate of drug-likeness (QED) is 0.422. The SMILES string of the molecule is CCC(CC)CNC(=NC)NCc1nncn1CC.I. The van der Waals surface area contributed by atoms with Gasteiger partial charge in [0.15, 0.2) is 11.8 Å². The van der Waals surface area contributed by atoms with Gasteiger partial charge in [0.1, 0.15) is 6.33 Å². The first-order valence-electron chi connectivity index (χ1n) is 7.06. The summed E-state index contributed by atoms with van der Waals surface area (Å²) in [7, 11) is 1.78. The van der Waals surface area contributed by atoms with Gasteiger partial charge in [-0.05, 0) is 12.8 Å². The highest BCUT2D eigenvalue weighted by molar-refractivity contribution is 14.0. The molecule has 0 unspecified atom stereocenters. The van der Waals surface area contributed by atoms with Crippen LogP contribution in [0.1, 0.15) is 39.4 Å². The number of nitrogens with one attached hydrogen (secondary N) is 2. The maximum Gasteiger partial charge on any atom is 0.191 e. The molecule has 0 atom stereocenters. The van der Waals surface area contributed by atoms with E-state index >= 15 is 0 Å². The lowest BCUT2D eigenvalue weighted by molar-refractivity contribution is 0.481. The van der Waals surface area contributed by atoms with Crippen molar-refractivity contribution in [3.63, 3.8) is 0 Å². The number of guanidine groups is 1. The van der Waals surface area contributed by atoms with Gasteiger partial charge in [-0.1, -0.05) is 26.7 Å². The van der Waals surface area contributed by atoms with E-state index in [9.17, 15) is 0 Å². The molecule has 0 spiro atoms. The third-order valence-electron chi connectivity index (χ3n) is 3.39. The number of aryl methyl sites for hydroxylation is 1. The maximum atomic E-state index is 4.22. The van der Waals surface area contributed by atoms with Crippen molar-refractivity contribution in [2.24, 2.45) is 10.9 Å². The topological polar surface area (TPSA) is 67.1 Å². The minimum absolute atomic E-state index is 0. The van der Waals surface area contributed by atoms with Crippen LogP contribution in [0.4, 0.5) is 0 Å². The molecule has 7 heteroatoms. The Labute approximate surface area is 138 Å². The van der Waals surface area contributed by atoms with E-state index in [1.165, 1.54) is 12.8 Å². The Morgan fingerprint density at radius 1 is 1.30 bits per heavy atom. The van der Waals surface area contributed by atoms with E-state index in [-0.39, 0.29) is 24.0 Å². The van der Waals surface area contributed by atoms with Crippen molar-refractivity contribution in [3.8, 4) is 0 Å². The van der Waals surface area contributed by atoms with Crippen LogP contribution in [0.5, 0.6) is 0 Å². The second-order valence-corrected chi connectivity index (χ2v) is 4.52. The molecule has 0 aromatic carbocycles. The van der Waals surface area contributed by atoms with Gasteiger partial charge in [-0.15, -0.1) is 34.2 Å². The summed E-state index contributed by atoms with van der Waals surface area (Å²) in [5, 5.41) is 14.6. The number of halogens is 1. The highest BCUT2D eigenvalue weighted by atomic mass is 127. The lowest BCUT2D eigenvalue weighted by Crippen LogP contribution is -2.39. The molecule has 0 aliphatic heterocycles. The van der Waals surface area contributed by atoms with Crippen LogP contribution in [0.15, 0.2) is 11.3 Å². The summed E-state index contributed by atoms with van der Waals surface area (Å²) in [4.78, 5) is 4.22. The summed E-state index contributed by atoms with van der Waals surface area (Å²) in [6.07, 6.45) is 4.12. The zero-order valence-electron chi connectivity index (χ0n) is 12.9. The van der Waals surface area contributed by atoms with Crippen molar-refractivity contribution in [1.29, 1.82) is 0 Å². The monoisotopic (exact) mass is 394 g/mol. The summed E-state index contributed by atoms with van der Waals surface area (Å²) in [5.41, 5.74) is 0. The van der Waals surface area contributed by atoms with Crippen LogP contribution in [0.2, 0.25) is 0 Å². The smallest absolute Gasteiger partial charge is 0.191 e. The third kappa shape index (κ3) is 6.06. The van der Waals surface area contributed by atoms with E-state index < -0.39 is 0 Å². The second-order valence-electron chi connectivity index (χ2n) is 4.52. The normalized spacial score (nSPS) is 11.3. The summed E-state index contributed by atoms with van der Waals surface area (Å²) in [6, 6.07) is 0. The molecule has 6 nitrogen and oxygen atoms in total. The molecule has 1 rings (SSSR count). The molecular weight excluding hydrogens is 367 g/mol. The van der Waals surface area contributed by atoms with Crippen LogP contribution in [0.25, 0.3) is 0 Å². The fourth-order valence-corrected chi connectivity index (χ4v) is 1.88. The first-order chi connectivity index (χ1) is 9.24. The Hall–Kier alpha value is -0.860. The van der Waals surface area contributed by atoms with E-state index in [0.717, 1.165) is 24.9 Å². The maximum absolute atomic E-state index is 4.22. The van der Waals surface area contributed by atoms with Crippen LogP contribution in [-0.2, 0) is 13.1 Å². The summed E-state index contributed by atoms with van der Waals surface area (Å²) >= 11 is 0. The predicted molar refractivity (Wildman–Crippen MR) is 93.4 cm³/mol. The Balaban J connectivity index is 0.00000361. The lowest BCUT2D eigenvalue weighted by Gasteiger charge is -2.16. The number of hydrogen-bond donors (Lipinski definition) is 2. The molecule has 20 heavy (non-hydrogen) atoms. The zero-order valence-corrected chi connectivity index (χ0v) is 15.2. The Morgan fingerprint density at radius 3 is 2.55 bits per heavy atom. The fraction of sp³-hybridized carbons (Fsp3) is 0.769. The zero-order chi connectivity index (χ0) is 14.1. The molecule has 0 radical (unpaired) electrons. The van der Waals surface area contributed by atoms with Gasteiger partial charge in [0.05, 0.1) is 6.54 Å². The minimum Gasteiger partial charge on any atom is -0.356 e. The van der Waals surface area contributed by atoms with E-state index in [1.54, 1.807) is 13.4 Å². The van der Waals surface area contributed by atoms with Crippen molar-refractivity contribution >= 4 is 29.9 Å². The van der Waals surface area contributed by atoms with Gasteiger partial charge in [-0.25, -0.2) is 0 Å². The number of hydrogen-bond acceptors (Lipinski definition) is 3. The summed E-state index contributed by atoms with van der Waals surface area (Å²) < 4.78 is 2.02. The van der Waals surface area contributed by atoms with Crippen LogP contribution >= 0.6 is 24.0 Å². The molecule has 0 aliphatic carbocycles. The fourth-order valence-electron chi connectivity index (χ4n) is 1.88. The number of aromatic nitrogens is 3. The standard InChI is InChI=1S/C13H26N6.HI/c1-5-11(6-2)8-15-13(14-4)16-9-12-18-17-10-19(12)7-3;/h10-11H,5-9H2,1-4H3,(H2,14,15,16);1H. The summed E-state index contributed by atoms with van der Waals surface area (Å²) in [6.45, 7) is 8.98. The van der Waals surface area contributed by atoms with Gasteiger partial charge in [0.25, 0.3) is 0 Å². The highest BCUT2D eigenvalue weighted by Crippen LogP contribution is 2.04. The largest absolute Gasteiger partial charge is 0.356 e. The lowest BCUT2D eigenvalue weighted by atomic mass is 10.0. The third-order valence-corrected chi connectivity index (χ3v) is 3.39. The van der Waals surface area contributed by atoms with Crippen molar-refractivity contribution < 1.29 is 0 Å². The van der Waals surface area contributed by atoms with Crippen LogP contribution in [0.3, 0.4) is 0 Å². The molecule has 0 saturated heterocycles. The van der Waals surface area contributed by atoms with Gasteiger partial charge in [-0.2, -0.15) is 0 Å². The van der Waals surface area contributed by atoms with Gasteiger partial charge in [0.2, 0.25) is 0 Å². The molecule has 1 heterocycles. The predicted octanol–water partition coefficient (Wildman–Crippen LogP) is 2.02. The van der Waals surface area contributed by atoms with Gasteiger partial charge in [-0.3, -0.25) is 4.99 Å². The number of nitrogens with zero attached hydrogens (tertiary/aromatic N) is 4.